The second-order valence-corrected chi connectivity index (χ2v) is 6.06. The molecule has 1 fully saturated rings. The van der Waals surface area contributed by atoms with Gasteiger partial charge in [0, 0.05) is 5.75 Å². The lowest BCUT2D eigenvalue weighted by molar-refractivity contribution is -0.146. The topological polar surface area (TPSA) is 95.9 Å². The Hall–Kier alpha value is -1.15. The van der Waals surface area contributed by atoms with Crippen molar-refractivity contribution < 1.29 is 9.53 Å². The third kappa shape index (κ3) is 3.66. The molecular formula is C11H19N5O2S. The minimum atomic E-state index is -0.919. The van der Waals surface area contributed by atoms with Crippen molar-refractivity contribution in [3.63, 3.8) is 0 Å². The lowest BCUT2D eigenvalue weighted by atomic mass is 9.98. The summed E-state index contributed by atoms with van der Waals surface area (Å²) in [7, 11) is 1.35. The summed E-state index contributed by atoms with van der Waals surface area (Å²) in [6.07, 6.45) is 3.70. The van der Waals surface area contributed by atoms with Crippen molar-refractivity contribution in [1.82, 2.24) is 20.2 Å². The Bertz CT molecular complexity index is 444. The second-order valence-electron chi connectivity index (χ2n) is 5.00. The van der Waals surface area contributed by atoms with Gasteiger partial charge in [0.2, 0.25) is 5.16 Å². The normalized spacial score (nSPS) is 18.1. The molecule has 0 saturated heterocycles. The van der Waals surface area contributed by atoms with Crippen LogP contribution in [0.5, 0.6) is 0 Å². The summed E-state index contributed by atoms with van der Waals surface area (Å²) in [6, 6.07) is 0.479. The molecule has 7 nitrogen and oxygen atoms in total. The van der Waals surface area contributed by atoms with Crippen molar-refractivity contribution in [2.75, 3.05) is 12.9 Å². The van der Waals surface area contributed by atoms with Crippen LogP contribution in [0.2, 0.25) is 0 Å². The van der Waals surface area contributed by atoms with Crippen molar-refractivity contribution in [3.05, 3.63) is 0 Å². The Morgan fingerprint density at radius 2 is 2.37 bits per heavy atom. The highest BCUT2D eigenvalue weighted by atomic mass is 32.2. The van der Waals surface area contributed by atoms with E-state index < -0.39 is 5.54 Å². The zero-order valence-electron chi connectivity index (χ0n) is 11.2. The van der Waals surface area contributed by atoms with E-state index in [-0.39, 0.29) is 5.97 Å². The molecule has 0 aromatic carbocycles. The molecule has 1 aromatic heterocycles. The second kappa shape index (κ2) is 5.87. The van der Waals surface area contributed by atoms with Crippen LogP contribution in [0.25, 0.3) is 0 Å². The molecule has 2 rings (SSSR count). The van der Waals surface area contributed by atoms with Gasteiger partial charge in [-0.3, -0.25) is 4.79 Å². The molecule has 0 bridgehead atoms. The predicted octanol–water partition coefficient (Wildman–Crippen LogP) is 0.771. The third-order valence-corrected chi connectivity index (χ3v) is 4.10. The number of hydrogen-bond acceptors (Lipinski definition) is 7. The van der Waals surface area contributed by atoms with Crippen LogP contribution in [-0.4, -0.2) is 44.6 Å². The Balaban J connectivity index is 1.74. The average Bonchev–Trinajstić information content (AvgIpc) is 3.13. The van der Waals surface area contributed by atoms with Crippen LogP contribution in [0.15, 0.2) is 5.16 Å². The number of hydrogen-bond donors (Lipinski definition) is 1. The quantitative estimate of drug-likeness (QED) is 0.449. The highest BCUT2D eigenvalue weighted by Crippen LogP contribution is 2.36. The Morgan fingerprint density at radius 1 is 1.63 bits per heavy atom. The number of carbonyl (C=O) groups excluding carboxylic acids is 1. The van der Waals surface area contributed by atoms with Crippen LogP contribution >= 0.6 is 11.8 Å². The van der Waals surface area contributed by atoms with E-state index in [1.807, 2.05) is 4.68 Å². The molecule has 1 aliphatic rings. The Labute approximate surface area is 116 Å². The molecule has 1 atom stereocenters. The van der Waals surface area contributed by atoms with Gasteiger partial charge >= 0.3 is 5.97 Å². The molecule has 0 spiro atoms. The summed E-state index contributed by atoms with van der Waals surface area (Å²) in [6.45, 7) is 1.69. The van der Waals surface area contributed by atoms with Crippen molar-refractivity contribution in [2.24, 2.45) is 5.73 Å². The molecule has 0 aliphatic heterocycles. The lowest BCUT2D eigenvalue weighted by Gasteiger charge is -2.20. The van der Waals surface area contributed by atoms with E-state index >= 15 is 0 Å². The van der Waals surface area contributed by atoms with E-state index in [2.05, 4.69) is 20.3 Å². The van der Waals surface area contributed by atoms with Crippen molar-refractivity contribution in [2.45, 2.75) is 49.3 Å². The first-order chi connectivity index (χ1) is 9.04. The van der Waals surface area contributed by atoms with Crippen LogP contribution in [0.3, 0.4) is 0 Å². The van der Waals surface area contributed by atoms with Gasteiger partial charge in [-0.1, -0.05) is 11.8 Å². The van der Waals surface area contributed by atoms with Gasteiger partial charge in [-0.2, -0.15) is 0 Å². The first kappa shape index (κ1) is 14.3. The fourth-order valence-electron chi connectivity index (χ4n) is 1.77. The van der Waals surface area contributed by atoms with Crippen molar-refractivity contribution in [3.8, 4) is 0 Å². The summed E-state index contributed by atoms with van der Waals surface area (Å²) < 4.78 is 6.55. The number of tetrazole rings is 1. The number of nitrogens with zero attached hydrogens (tertiary/aromatic N) is 4. The van der Waals surface area contributed by atoms with E-state index in [1.54, 1.807) is 18.7 Å². The molecule has 1 saturated carbocycles. The summed E-state index contributed by atoms with van der Waals surface area (Å²) >= 11 is 1.60. The predicted molar refractivity (Wildman–Crippen MR) is 70.7 cm³/mol. The smallest absolute Gasteiger partial charge is 0.325 e. The monoisotopic (exact) mass is 285 g/mol. The number of nitrogens with two attached hydrogens (primary N) is 1. The highest BCUT2D eigenvalue weighted by molar-refractivity contribution is 7.99. The van der Waals surface area contributed by atoms with Crippen molar-refractivity contribution >= 4 is 17.7 Å². The Kier molecular flexibility index (Phi) is 4.41. The maximum absolute atomic E-state index is 11.4. The average molecular weight is 285 g/mol. The first-order valence-corrected chi connectivity index (χ1v) is 7.31. The molecule has 19 heavy (non-hydrogen) atoms. The number of esters is 1. The third-order valence-electron chi connectivity index (χ3n) is 3.08. The van der Waals surface area contributed by atoms with Gasteiger partial charge in [0.15, 0.2) is 0 Å². The largest absolute Gasteiger partial charge is 0.468 e. The molecule has 0 radical (unpaired) electrons. The maximum atomic E-state index is 11.4. The fourth-order valence-corrected chi connectivity index (χ4v) is 2.65. The van der Waals surface area contributed by atoms with Crippen LogP contribution in [0.4, 0.5) is 0 Å². The fraction of sp³-hybridized carbons (Fsp3) is 0.818. The minimum Gasteiger partial charge on any atom is -0.468 e. The number of rotatable bonds is 7. The SMILES string of the molecule is COC(=O)C(C)(N)CCCSc1nnnn1C1CC1. The van der Waals surface area contributed by atoms with Gasteiger partial charge in [-0.15, -0.1) is 5.10 Å². The van der Waals surface area contributed by atoms with Gasteiger partial charge in [-0.25, -0.2) is 4.68 Å². The van der Waals surface area contributed by atoms with Crippen LogP contribution in [-0.2, 0) is 9.53 Å². The molecule has 0 amide bonds. The number of thioether (sulfide) groups is 1. The van der Waals surface area contributed by atoms with E-state index in [4.69, 9.17) is 5.73 Å². The Morgan fingerprint density at radius 3 is 3.00 bits per heavy atom. The molecule has 1 aromatic rings. The molecule has 1 heterocycles. The minimum absolute atomic E-state index is 0.375. The maximum Gasteiger partial charge on any atom is 0.325 e. The number of ether oxygens (including phenoxy) is 1. The van der Waals surface area contributed by atoms with Gasteiger partial charge in [0.25, 0.3) is 0 Å². The van der Waals surface area contributed by atoms with Crippen LogP contribution in [0, 0.1) is 0 Å². The van der Waals surface area contributed by atoms with Gasteiger partial charge in [-0.05, 0) is 43.0 Å². The van der Waals surface area contributed by atoms with E-state index in [1.165, 1.54) is 7.11 Å². The van der Waals surface area contributed by atoms with E-state index in [9.17, 15) is 4.79 Å². The molecule has 1 aliphatic carbocycles. The number of methoxy groups -OCH3 is 1. The molecule has 1 unspecified atom stereocenters. The number of aromatic nitrogens is 4. The summed E-state index contributed by atoms with van der Waals surface area (Å²) in [5.41, 5.74) is 4.97. The summed E-state index contributed by atoms with van der Waals surface area (Å²) in [5, 5.41) is 12.5. The zero-order chi connectivity index (χ0) is 13.9. The van der Waals surface area contributed by atoms with E-state index in [0.29, 0.717) is 12.5 Å². The molecular weight excluding hydrogens is 266 g/mol. The summed E-state index contributed by atoms with van der Waals surface area (Å²) in [5.74, 6) is 0.456. The molecule has 106 valence electrons. The van der Waals surface area contributed by atoms with Crippen LogP contribution < -0.4 is 5.73 Å². The first-order valence-electron chi connectivity index (χ1n) is 6.32. The number of carbonyl (C=O) groups is 1. The van der Waals surface area contributed by atoms with Gasteiger partial charge in [0.1, 0.15) is 5.54 Å². The summed E-state index contributed by atoms with van der Waals surface area (Å²) in [4.78, 5) is 11.4. The van der Waals surface area contributed by atoms with Crippen LogP contribution in [0.1, 0.15) is 38.6 Å². The molecule has 8 heteroatoms. The highest BCUT2D eigenvalue weighted by Gasteiger charge is 2.29. The standard InChI is InChI=1S/C11H19N5O2S/c1-11(12,9(17)18-2)6-3-7-19-10-13-14-15-16(10)8-4-5-8/h8H,3-7,12H2,1-2H3. The lowest BCUT2D eigenvalue weighted by Crippen LogP contribution is -2.45. The van der Waals surface area contributed by atoms with Gasteiger partial charge in [0.05, 0.1) is 13.2 Å². The van der Waals surface area contributed by atoms with Crippen molar-refractivity contribution in [1.29, 1.82) is 0 Å². The van der Waals surface area contributed by atoms with Gasteiger partial charge < -0.3 is 10.5 Å². The zero-order valence-corrected chi connectivity index (χ0v) is 12.0. The van der Waals surface area contributed by atoms with E-state index in [0.717, 1.165) is 30.2 Å². The molecule has 2 N–H and O–H groups in total.